The summed E-state index contributed by atoms with van der Waals surface area (Å²) < 4.78 is 48.1. The lowest BCUT2D eigenvalue weighted by atomic mass is 10.1. The van der Waals surface area contributed by atoms with Gasteiger partial charge in [0, 0.05) is 12.1 Å². The van der Waals surface area contributed by atoms with Crippen LogP contribution in [0.4, 0.5) is 10.1 Å². The summed E-state index contributed by atoms with van der Waals surface area (Å²) in [5, 5.41) is 2.87. The van der Waals surface area contributed by atoms with Crippen LogP contribution in [0.15, 0.2) is 83.8 Å². The highest BCUT2D eigenvalue weighted by molar-refractivity contribution is 7.92. The van der Waals surface area contributed by atoms with Crippen LogP contribution in [0.5, 0.6) is 5.75 Å². The average molecular weight is 570 g/mol. The molecule has 0 saturated carbocycles. The highest BCUT2D eigenvalue weighted by atomic mass is 32.2. The van der Waals surface area contributed by atoms with Crippen LogP contribution in [0.25, 0.3) is 0 Å². The summed E-state index contributed by atoms with van der Waals surface area (Å²) in [6, 6.07) is 19.0. The lowest BCUT2D eigenvalue weighted by Gasteiger charge is -2.33. The number of carbonyl (C=O) groups excluding carboxylic acids is 2. The Bertz CT molecular complexity index is 1410. The maximum Gasteiger partial charge on any atom is 0.264 e. The van der Waals surface area contributed by atoms with E-state index in [2.05, 4.69) is 5.32 Å². The molecule has 3 rings (SSSR count). The number of hydrogen-bond donors (Lipinski definition) is 1. The number of nitrogens with one attached hydrogen (secondary N) is 1. The van der Waals surface area contributed by atoms with Gasteiger partial charge in [0.1, 0.15) is 24.2 Å². The standard InChI is InChI=1S/C30H36FN3O5S/c1-6-39-27-15-11-10-14-26(27)34(40(37,38)25-12-8-7-9-13-25)21-28(35)33(20-23-16-18-24(31)19-17-23)22(2)29(36)32-30(3,4)5/h7-19,22H,6,20-21H2,1-5H3,(H,32,36). The number of hydrogen-bond acceptors (Lipinski definition) is 5. The zero-order valence-electron chi connectivity index (χ0n) is 23.4. The third-order valence-electron chi connectivity index (χ3n) is 5.98. The van der Waals surface area contributed by atoms with Crippen molar-refractivity contribution in [3.05, 3.63) is 90.2 Å². The van der Waals surface area contributed by atoms with E-state index in [1.165, 1.54) is 41.3 Å². The second-order valence-electron chi connectivity index (χ2n) is 10.3. The van der Waals surface area contributed by atoms with Crippen molar-refractivity contribution in [1.82, 2.24) is 10.2 Å². The number of carbonyl (C=O) groups is 2. The van der Waals surface area contributed by atoms with Crippen LogP contribution in [0, 0.1) is 5.82 Å². The maximum atomic E-state index is 14.0. The lowest BCUT2D eigenvalue weighted by Crippen LogP contribution is -2.54. The number of benzene rings is 3. The molecule has 0 saturated heterocycles. The first-order chi connectivity index (χ1) is 18.8. The molecule has 2 amide bonds. The Hall–Kier alpha value is -3.92. The highest BCUT2D eigenvalue weighted by Crippen LogP contribution is 2.32. The van der Waals surface area contributed by atoms with Crippen molar-refractivity contribution in [2.24, 2.45) is 0 Å². The van der Waals surface area contributed by atoms with E-state index < -0.39 is 45.8 Å². The van der Waals surface area contributed by atoms with Crippen LogP contribution in [-0.2, 0) is 26.2 Å². The Kier molecular flexibility index (Phi) is 9.92. The summed E-state index contributed by atoms with van der Waals surface area (Å²) in [4.78, 5) is 28.4. The van der Waals surface area contributed by atoms with E-state index in [-0.39, 0.29) is 23.7 Å². The van der Waals surface area contributed by atoms with E-state index in [1.807, 2.05) is 20.8 Å². The number of amides is 2. The minimum atomic E-state index is -4.22. The largest absolute Gasteiger partial charge is 0.492 e. The fourth-order valence-electron chi connectivity index (χ4n) is 4.02. The third kappa shape index (κ3) is 7.81. The molecule has 0 aromatic heterocycles. The van der Waals surface area contributed by atoms with E-state index in [4.69, 9.17) is 4.74 Å². The van der Waals surface area contributed by atoms with Gasteiger partial charge in [-0.15, -0.1) is 0 Å². The number of rotatable bonds is 11. The van der Waals surface area contributed by atoms with Gasteiger partial charge in [0.05, 0.1) is 17.2 Å². The molecule has 0 spiro atoms. The third-order valence-corrected chi connectivity index (χ3v) is 7.75. The number of sulfonamides is 1. The molecule has 0 aliphatic heterocycles. The predicted octanol–water partition coefficient (Wildman–Crippen LogP) is 4.75. The number of halogens is 1. The van der Waals surface area contributed by atoms with E-state index in [0.717, 1.165) is 4.31 Å². The van der Waals surface area contributed by atoms with Crippen molar-refractivity contribution in [2.45, 2.75) is 57.6 Å². The molecule has 3 aromatic carbocycles. The van der Waals surface area contributed by atoms with Crippen LogP contribution in [0.2, 0.25) is 0 Å². The second-order valence-corrected chi connectivity index (χ2v) is 12.2. The Morgan fingerprint density at radius 1 is 0.950 bits per heavy atom. The van der Waals surface area contributed by atoms with Crippen LogP contribution >= 0.6 is 0 Å². The van der Waals surface area contributed by atoms with Gasteiger partial charge < -0.3 is 15.0 Å². The smallest absolute Gasteiger partial charge is 0.264 e. The second kappa shape index (κ2) is 13.0. The van der Waals surface area contributed by atoms with Crippen molar-refractivity contribution in [3.63, 3.8) is 0 Å². The monoisotopic (exact) mass is 569 g/mol. The van der Waals surface area contributed by atoms with Gasteiger partial charge in [0.25, 0.3) is 10.0 Å². The molecule has 0 bridgehead atoms. The molecule has 8 nitrogen and oxygen atoms in total. The molecule has 0 aliphatic rings. The van der Waals surface area contributed by atoms with Gasteiger partial charge in [-0.2, -0.15) is 0 Å². The van der Waals surface area contributed by atoms with E-state index >= 15 is 0 Å². The van der Waals surface area contributed by atoms with Crippen molar-refractivity contribution in [2.75, 3.05) is 17.5 Å². The average Bonchev–Trinajstić information content (AvgIpc) is 2.91. The molecular formula is C30H36FN3O5S. The first kappa shape index (κ1) is 30.6. The molecule has 3 aromatic rings. The van der Waals surface area contributed by atoms with Gasteiger partial charge in [0.15, 0.2) is 0 Å². The molecule has 40 heavy (non-hydrogen) atoms. The summed E-state index contributed by atoms with van der Waals surface area (Å²) in [6.07, 6.45) is 0. The molecule has 0 aliphatic carbocycles. The van der Waals surface area contributed by atoms with Crippen LogP contribution in [-0.4, -0.2) is 49.9 Å². The lowest BCUT2D eigenvalue weighted by molar-refractivity contribution is -0.140. The number of anilines is 1. The predicted molar refractivity (Wildman–Crippen MR) is 153 cm³/mol. The molecule has 10 heteroatoms. The van der Waals surface area contributed by atoms with Gasteiger partial charge >= 0.3 is 0 Å². The number of para-hydroxylation sites is 2. The van der Waals surface area contributed by atoms with Crippen molar-refractivity contribution in [3.8, 4) is 5.75 Å². The van der Waals surface area contributed by atoms with Crippen LogP contribution in [0.1, 0.15) is 40.2 Å². The highest BCUT2D eigenvalue weighted by Gasteiger charge is 2.34. The summed E-state index contributed by atoms with van der Waals surface area (Å²) in [5.74, 6) is -1.17. The van der Waals surface area contributed by atoms with E-state index in [9.17, 15) is 22.4 Å². The van der Waals surface area contributed by atoms with Crippen LogP contribution in [0.3, 0.4) is 0 Å². The Morgan fingerprint density at radius 3 is 2.15 bits per heavy atom. The quantitative estimate of drug-likeness (QED) is 0.360. The topological polar surface area (TPSA) is 96.0 Å². The normalized spacial score (nSPS) is 12.3. The van der Waals surface area contributed by atoms with Gasteiger partial charge in [-0.1, -0.05) is 42.5 Å². The van der Waals surface area contributed by atoms with Crippen molar-refractivity contribution >= 4 is 27.5 Å². The summed E-state index contributed by atoms with van der Waals surface area (Å²) >= 11 is 0. The SMILES string of the molecule is CCOc1ccccc1N(CC(=O)N(Cc1ccc(F)cc1)C(C)C(=O)NC(C)(C)C)S(=O)(=O)c1ccccc1. The van der Waals surface area contributed by atoms with Gasteiger partial charge in [-0.05, 0) is 76.6 Å². The van der Waals surface area contributed by atoms with Gasteiger partial charge in [-0.3, -0.25) is 13.9 Å². The summed E-state index contributed by atoms with van der Waals surface area (Å²) in [6.45, 7) is 8.46. The zero-order chi connectivity index (χ0) is 29.5. The van der Waals surface area contributed by atoms with E-state index in [1.54, 1.807) is 56.3 Å². The van der Waals surface area contributed by atoms with Crippen molar-refractivity contribution < 1.29 is 27.1 Å². The summed E-state index contributed by atoms with van der Waals surface area (Å²) in [7, 11) is -4.22. The summed E-state index contributed by atoms with van der Waals surface area (Å²) in [5.41, 5.74) is 0.210. The molecule has 0 heterocycles. The molecule has 0 fully saturated rings. The Balaban J connectivity index is 2.07. The number of nitrogens with zero attached hydrogens (tertiary/aromatic N) is 2. The molecule has 1 atom stereocenters. The molecular weight excluding hydrogens is 533 g/mol. The fourth-order valence-corrected chi connectivity index (χ4v) is 5.46. The first-order valence-corrected chi connectivity index (χ1v) is 14.4. The Morgan fingerprint density at radius 2 is 1.55 bits per heavy atom. The molecule has 0 radical (unpaired) electrons. The fraction of sp³-hybridized carbons (Fsp3) is 0.333. The maximum absolute atomic E-state index is 14.0. The Labute approximate surface area is 235 Å². The minimum absolute atomic E-state index is 0.00212. The minimum Gasteiger partial charge on any atom is -0.492 e. The first-order valence-electron chi connectivity index (χ1n) is 13.0. The van der Waals surface area contributed by atoms with Crippen molar-refractivity contribution in [1.29, 1.82) is 0 Å². The van der Waals surface area contributed by atoms with E-state index in [0.29, 0.717) is 11.3 Å². The molecule has 214 valence electrons. The number of ether oxygens (including phenoxy) is 1. The zero-order valence-corrected chi connectivity index (χ0v) is 24.2. The van der Waals surface area contributed by atoms with Gasteiger partial charge in [0.2, 0.25) is 11.8 Å². The van der Waals surface area contributed by atoms with Crippen LogP contribution < -0.4 is 14.4 Å². The van der Waals surface area contributed by atoms with Gasteiger partial charge in [-0.25, -0.2) is 12.8 Å². The molecule has 1 unspecified atom stereocenters. The molecule has 1 N–H and O–H groups in total.